The molecule has 4 rings (SSSR count). The van der Waals surface area contributed by atoms with Crippen LogP contribution in [0.4, 0.5) is 5.82 Å². The van der Waals surface area contributed by atoms with Crippen LogP contribution in [0.15, 0.2) is 30.6 Å². The van der Waals surface area contributed by atoms with Crippen LogP contribution in [-0.4, -0.2) is 52.8 Å². The fourth-order valence-electron chi connectivity index (χ4n) is 2.94. The van der Waals surface area contributed by atoms with Gasteiger partial charge in [0.15, 0.2) is 34.3 Å². The minimum absolute atomic E-state index is 0.224. The number of hydrogen-bond donors (Lipinski definition) is 3. The molecule has 1 atom stereocenters. The Kier molecular flexibility index (Phi) is 5.03. The second kappa shape index (κ2) is 7.93. The van der Waals surface area contributed by atoms with E-state index >= 15 is 0 Å². The van der Waals surface area contributed by atoms with Crippen LogP contribution in [0.2, 0.25) is 0 Å². The Bertz CT molecular complexity index is 985. The average Bonchev–Trinajstić information content (AvgIpc) is 3.35. The second-order valence-corrected chi connectivity index (χ2v) is 6.08. The lowest BCUT2D eigenvalue weighted by molar-refractivity contribution is 0.331. The van der Waals surface area contributed by atoms with Gasteiger partial charge in [0.1, 0.15) is 12.9 Å². The number of para-hydroxylation sites is 2. The van der Waals surface area contributed by atoms with Crippen molar-refractivity contribution >= 4 is 17.0 Å². The molecule has 0 bridgehead atoms. The van der Waals surface area contributed by atoms with Gasteiger partial charge in [-0.15, -0.1) is 0 Å². The molecule has 1 fully saturated rings. The lowest BCUT2D eigenvalue weighted by Crippen LogP contribution is -2.22. The highest BCUT2D eigenvalue weighted by Gasteiger charge is 2.17. The van der Waals surface area contributed by atoms with Crippen LogP contribution in [0.25, 0.3) is 11.2 Å². The van der Waals surface area contributed by atoms with Crippen LogP contribution >= 0.6 is 0 Å². The molecule has 1 aromatic carbocycles. The lowest BCUT2D eigenvalue weighted by atomic mass is 10.2. The number of nitrogens with one attached hydrogen (secondary N) is 3. The highest BCUT2D eigenvalue weighted by Crippen LogP contribution is 2.25. The van der Waals surface area contributed by atoms with Crippen molar-refractivity contribution in [3.8, 4) is 23.3 Å². The number of aromatic nitrogens is 4. The molecule has 1 saturated heterocycles. The summed E-state index contributed by atoms with van der Waals surface area (Å²) >= 11 is 0. The van der Waals surface area contributed by atoms with Gasteiger partial charge in [0.05, 0.1) is 7.11 Å². The highest BCUT2D eigenvalue weighted by molar-refractivity contribution is 5.83. The number of aromatic amines is 1. The molecule has 138 valence electrons. The van der Waals surface area contributed by atoms with Crippen molar-refractivity contribution < 1.29 is 9.47 Å². The standard InChI is InChI=1S/C19H20N6O2/c1-26-14-5-2-3-6-15(14)27-10-4-7-16-24-17-18(21-12-22-19(17)25-16)23-13-8-9-20-11-13/h2-3,5-6,12-13,20H,8-11H2,1H3,(H2,21,22,23,24,25). The number of imidazole rings is 1. The van der Waals surface area contributed by atoms with Crippen molar-refractivity contribution in [2.24, 2.45) is 0 Å². The first-order valence-electron chi connectivity index (χ1n) is 8.76. The molecule has 1 unspecified atom stereocenters. The third-order valence-corrected chi connectivity index (χ3v) is 4.26. The van der Waals surface area contributed by atoms with E-state index in [1.165, 1.54) is 6.33 Å². The maximum absolute atomic E-state index is 5.65. The fraction of sp³-hybridized carbons (Fsp3) is 0.316. The van der Waals surface area contributed by atoms with Crippen molar-refractivity contribution in [3.63, 3.8) is 0 Å². The van der Waals surface area contributed by atoms with Crippen LogP contribution in [0.3, 0.4) is 0 Å². The van der Waals surface area contributed by atoms with Gasteiger partial charge in [-0.05, 0) is 31.0 Å². The van der Waals surface area contributed by atoms with E-state index in [2.05, 4.69) is 42.4 Å². The summed E-state index contributed by atoms with van der Waals surface area (Å²) in [5.41, 5.74) is 1.35. The molecule has 1 aliphatic heterocycles. The number of hydrogen-bond acceptors (Lipinski definition) is 7. The normalized spacial score (nSPS) is 16.0. The summed E-state index contributed by atoms with van der Waals surface area (Å²) in [6, 6.07) is 7.81. The van der Waals surface area contributed by atoms with Crippen LogP contribution in [-0.2, 0) is 0 Å². The maximum atomic E-state index is 5.65. The smallest absolute Gasteiger partial charge is 0.185 e. The largest absolute Gasteiger partial charge is 0.493 e. The predicted octanol–water partition coefficient (Wildman–Crippen LogP) is 1.57. The fourth-order valence-corrected chi connectivity index (χ4v) is 2.94. The Morgan fingerprint density at radius 2 is 2.15 bits per heavy atom. The molecule has 0 saturated carbocycles. The molecule has 3 N–H and O–H groups in total. The Morgan fingerprint density at radius 1 is 1.26 bits per heavy atom. The van der Waals surface area contributed by atoms with Gasteiger partial charge in [-0.3, -0.25) is 0 Å². The van der Waals surface area contributed by atoms with Gasteiger partial charge in [-0.25, -0.2) is 15.0 Å². The van der Waals surface area contributed by atoms with E-state index in [1.54, 1.807) is 7.11 Å². The molecule has 3 aromatic rings. The predicted molar refractivity (Wildman–Crippen MR) is 102 cm³/mol. The summed E-state index contributed by atoms with van der Waals surface area (Å²) in [4.78, 5) is 16.2. The Labute approximate surface area is 156 Å². The van der Waals surface area contributed by atoms with Gasteiger partial charge in [-0.2, -0.15) is 0 Å². The maximum Gasteiger partial charge on any atom is 0.185 e. The molecule has 0 spiro atoms. The summed E-state index contributed by atoms with van der Waals surface area (Å²) in [6.07, 6.45) is 2.58. The number of rotatable bonds is 5. The molecule has 2 aromatic heterocycles. The number of ether oxygens (including phenoxy) is 2. The number of H-pyrrole nitrogens is 1. The van der Waals surface area contributed by atoms with Gasteiger partial charge in [0, 0.05) is 12.6 Å². The first-order valence-corrected chi connectivity index (χ1v) is 8.76. The van der Waals surface area contributed by atoms with E-state index in [4.69, 9.17) is 9.47 Å². The molecule has 0 amide bonds. The van der Waals surface area contributed by atoms with Crippen molar-refractivity contribution in [1.29, 1.82) is 0 Å². The third kappa shape index (κ3) is 3.93. The Balaban J connectivity index is 1.46. The third-order valence-electron chi connectivity index (χ3n) is 4.26. The summed E-state index contributed by atoms with van der Waals surface area (Å²) in [5, 5.41) is 6.74. The summed E-state index contributed by atoms with van der Waals surface area (Å²) in [5.74, 6) is 8.51. The molecule has 8 heteroatoms. The van der Waals surface area contributed by atoms with Crippen molar-refractivity contribution in [2.45, 2.75) is 12.5 Å². The van der Waals surface area contributed by atoms with Crippen LogP contribution < -0.4 is 20.1 Å². The van der Waals surface area contributed by atoms with Crippen molar-refractivity contribution in [3.05, 3.63) is 36.4 Å². The quantitative estimate of drug-likeness (QED) is 0.591. The van der Waals surface area contributed by atoms with Gasteiger partial charge in [-0.1, -0.05) is 18.1 Å². The Morgan fingerprint density at radius 3 is 2.96 bits per heavy atom. The molecule has 1 aliphatic rings. The molecule has 8 nitrogen and oxygen atoms in total. The van der Waals surface area contributed by atoms with Crippen LogP contribution in [0, 0.1) is 11.8 Å². The van der Waals surface area contributed by atoms with Gasteiger partial charge < -0.3 is 25.1 Å². The average molecular weight is 364 g/mol. The lowest BCUT2D eigenvalue weighted by Gasteiger charge is -2.11. The number of methoxy groups -OCH3 is 1. The highest BCUT2D eigenvalue weighted by atomic mass is 16.5. The van der Waals surface area contributed by atoms with E-state index in [0.29, 0.717) is 34.5 Å². The van der Waals surface area contributed by atoms with Crippen LogP contribution in [0.1, 0.15) is 12.2 Å². The number of benzene rings is 1. The summed E-state index contributed by atoms with van der Waals surface area (Å²) in [7, 11) is 1.61. The van der Waals surface area contributed by atoms with Gasteiger partial charge in [0.2, 0.25) is 0 Å². The molecule has 27 heavy (non-hydrogen) atoms. The molecule has 0 radical (unpaired) electrons. The minimum atomic E-state index is 0.224. The van der Waals surface area contributed by atoms with Gasteiger partial charge in [0.25, 0.3) is 0 Å². The Hall–Kier alpha value is -3.31. The number of nitrogens with zero attached hydrogens (tertiary/aromatic N) is 3. The van der Waals surface area contributed by atoms with Crippen LogP contribution in [0.5, 0.6) is 11.5 Å². The first-order chi connectivity index (χ1) is 13.3. The van der Waals surface area contributed by atoms with E-state index in [-0.39, 0.29) is 6.61 Å². The van der Waals surface area contributed by atoms with Gasteiger partial charge >= 0.3 is 0 Å². The molecule has 0 aliphatic carbocycles. The first kappa shape index (κ1) is 17.1. The van der Waals surface area contributed by atoms with Crippen molar-refractivity contribution in [2.75, 3.05) is 32.1 Å². The van der Waals surface area contributed by atoms with E-state index in [0.717, 1.165) is 25.3 Å². The van der Waals surface area contributed by atoms with E-state index < -0.39 is 0 Å². The second-order valence-electron chi connectivity index (χ2n) is 6.08. The summed E-state index contributed by atoms with van der Waals surface area (Å²) in [6.45, 7) is 2.15. The number of anilines is 1. The monoisotopic (exact) mass is 364 g/mol. The molecular formula is C19H20N6O2. The molecule has 3 heterocycles. The zero-order chi connectivity index (χ0) is 18.5. The van der Waals surface area contributed by atoms with E-state index in [9.17, 15) is 0 Å². The minimum Gasteiger partial charge on any atom is -0.493 e. The summed E-state index contributed by atoms with van der Waals surface area (Å²) < 4.78 is 10.9. The zero-order valence-corrected chi connectivity index (χ0v) is 15.0. The number of fused-ring (bicyclic) bond motifs is 1. The van der Waals surface area contributed by atoms with E-state index in [1.807, 2.05) is 24.3 Å². The topological polar surface area (TPSA) is 97.0 Å². The zero-order valence-electron chi connectivity index (χ0n) is 15.0. The molecular weight excluding hydrogens is 344 g/mol. The SMILES string of the molecule is COc1ccccc1OCC#Cc1nc2c(NC3CCNC3)ncnc2[nH]1. The van der Waals surface area contributed by atoms with Crippen molar-refractivity contribution in [1.82, 2.24) is 25.3 Å².